The molecule has 0 amide bonds. The molecule has 0 aromatic carbocycles. The molecule has 0 rings (SSSR count). The molecule has 0 spiro atoms. The van der Waals surface area contributed by atoms with Crippen LogP contribution in [0.4, 0.5) is 0 Å². The van der Waals surface area contributed by atoms with Gasteiger partial charge in [-0.3, -0.25) is 4.99 Å². The van der Waals surface area contributed by atoms with Crippen LogP contribution >= 0.6 is 0 Å². The van der Waals surface area contributed by atoms with Crippen LogP contribution in [0.2, 0.25) is 0 Å². The van der Waals surface area contributed by atoms with Crippen molar-refractivity contribution < 1.29 is 0 Å². The fourth-order valence-electron chi connectivity index (χ4n) is 0.289. The lowest BCUT2D eigenvalue weighted by Crippen LogP contribution is -2.15. The van der Waals surface area contributed by atoms with Gasteiger partial charge in [-0.2, -0.15) is 0 Å². The minimum absolute atomic E-state index is 0.0598. The van der Waals surface area contributed by atoms with Gasteiger partial charge in [0.15, 0.2) is 0 Å². The Morgan fingerprint density at radius 2 is 1.67 bits per heavy atom. The highest BCUT2D eigenvalue weighted by Crippen LogP contribution is 2.04. The maximum absolute atomic E-state index is 4.26. The summed E-state index contributed by atoms with van der Waals surface area (Å²) in [4.78, 5) is 6.19. The van der Waals surface area contributed by atoms with E-state index in [0.717, 1.165) is 0 Å². The molecule has 0 aromatic rings. The van der Waals surface area contributed by atoms with Crippen LogP contribution in [0.15, 0.2) is 4.99 Å². The van der Waals surface area contributed by atoms with Gasteiger partial charge in [0.1, 0.15) is 0 Å². The largest absolute Gasteiger partial charge is 0.369 e. The molecule has 9 heavy (non-hydrogen) atoms. The van der Waals surface area contributed by atoms with Crippen LogP contribution in [0.3, 0.4) is 0 Å². The monoisotopic (exact) mass is 128 g/mol. The topological polar surface area (TPSA) is 15.6 Å². The molecule has 0 radical (unpaired) electrons. The van der Waals surface area contributed by atoms with Gasteiger partial charge in [-0.1, -0.05) is 0 Å². The zero-order valence-corrected chi connectivity index (χ0v) is 6.97. The van der Waals surface area contributed by atoms with E-state index in [0.29, 0.717) is 0 Å². The van der Waals surface area contributed by atoms with Crippen LogP contribution in [-0.2, 0) is 0 Å². The Morgan fingerprint density at radius 1 is 1.22 bits per heavy atom. The summed E-state index contributed by atoms with van der Waals surface area (Å²) in [6.07, 6.45) is 1.83. The summed E-state index contributed by atoms with van der Waals surface area (Å²) in [5.41, 5.74) is 0.0598. The first kappa shape index (κ1) is 8.47. The Balaban J connectivity index is 3.71. The van der Waals surface area contributed by atoms with E-state index in [-0.39, 0.29) is 5.54 Å². The maximum atomic E-state index is 4.26. The average molecular weight is 128 g/mol. The van der Waals surface area contributed by atoms with E-state index >= 15 is 0 Å². The number of aliphatic imine (C=N–C) groups is 1. The lowest BCUT2D eigenvalue weighted by Gasteiger charge is -2.12. The van der Waals surface area contributed by atoms with Gasteiger partial charge in [0.05, 0.1) is 11.9 Å². The summed E-state index contributed by atoms with van der Waals surface area (Å²) >= 11 is 0. The van der Waals surface area contributed by atoms with E-state index in [1.165, 1.54) is 0 Å². The zero-order chi connectivity index (χ0) is 7.49. The molecule has 2 nitrogen and oxygen atoms in total. The fourth-order valence-corrected chi connectivity index (χ4v) is 0.289. The van der Waals surface area contributed by atoms with Crippen LogP contribution in [0, 0.1) is 0 Å². The Labute approximate surface area is 57.6 Å². The van der Waals surface area contributed by atoms with Gasteiger partial charge < -0.3 is 4.90 Å². The quantitative estimate of drug-likeness (QED) is 0.385. The van der Waals surface area contributed by atoms with Crippen molar-refractivity contribution in [3.05, 3.63) is 0 Å². The fraction of sp³-hybridized carbons (Fsp3) is 0.857. The van der Waals surface area contributed by atoms with Gasteiger partial charge in [-0.05, 0) is 20.8 Å². The van der Waals surface area contributed by atoms with Crippen LogP contribution in [0.25, 0.3) is 0 Å². The second-order valence-electron chi connectivity index (χ2n) is 3.38. The molecule has 0 fully saturated rings. The SMILES string of the molecule is CN(C)/C=N\C(C)(C)C. The Kier molecular flexibility index (Phi) is 2.68. The standard InChI is InChI=1S/C7H16N2/c1-7(2,3)8-6-9(4)5/h6H,1-5H3/b8-6-. The van der Waals surface area contributed by atoms with Crippen molar-refractivity contribution in [2.45, 2.75) is 26.3 Å². The minimum atomic E-state index is 0.0598. The molecule has 0 aliphatic heterocycles. The molecule has 0 atom stereocenters. The van der Waals surface area contributed by atoms with Crippen molar-refractivity contribution in [2.75, 3.05) is 14.1 Å². The van der Waals surface area contributed by atoms with Crippen LogP contribution in [-0.4, -0.2) is 30.9 Å². The van der Waals surface area contributed by atoms with E-state index in [2.05, 4.69) is 25.8 Å². The molecule has 54 valence electrons. The predicted molar refractivity (Wildman–Crippen MR) is 41.9 cm³/mol. The third kappa shape index (κ3) is 7.47. The zero-order valence-electron chi connectivity index (χ0n) is 6.97. The normalized spacial score (nSPS) is 12.6. The van der Waals surface area contributed by atoms with Crippen molar-refractivity contribution in [3.63, 3.8) is 0 Å². The van der Waals surface area contributed by atoms with Gasteiger partial charge in [-0.25, -0.2) is 0 Å². The van der Waals surface area contributed by atoms with Crippen molar-refractivity contribution in [1.82, 2.24) is 4.90 Å². The lowest BCUT2D eigenvalue weighted by atomic mass is 10.1. The summed E-state index contributed by atoms with van der Waals surface area (Å²) in [6, 6.07) is 0. The number of nitrogens with zero attached hydrogens (tertiary/aromatic N) is 2. The number of hydrogen-bond acceptors (Lipinski definition) is 1. The molecule has 0 bridgehead atoms. The average Bonchev–Trinajstić information content (AvgIpc) is 1.59. The molecule has 0 aliphatic carbocycles. The summed E-state index contributed by atoms with van der Waals surface area (Å²) in [5, 5.41) is 0. The highest BCUT2D eigenvalue weighted by atomic mass is 15.1. The van der Waals surface area contributed by atoms with Crippen molar-refractivity contribution in [2.24, 2.45) is 4.99 Å². The Morgan fingerprint density at radius 3 is 1.78 bits per heavy atom. The Bertz CT molecular complexity index is 98.0. The smallest absolute Gasteiger partial charge is 0.0851 e. The van der Waals surface area contributed by atoms with Crippen molar-refractivity contribution >= 4 is 6.34 Å². The molecular weight excluding hydrogens is 112 g/mol. The van der Waals surface area contributed by atoms with Crippen LogP contribution < -0.4 is 0 Å². The van der Waals surface area contributed by atoms with Gasteiger partial charge in [-0.15, -0.1) is 0 Å². The number of hydrogen-bond donors (Lipinski definition) is 0. The number of rotatable bonds is 1. The lowest BCUT2D eigenvalue weighted by molar-refractivity contribution is 0.559. The summed E-state index contributed by atoms with van der Waals surface area (Å²) in [6.45, 7) is 6.23. The van der Waals surface area contributed by atoms with Crippen LogP contribution in [0.1, 0.15) is 20.8 Å². The summed E-state index contributed by atoms with van der Waals surface area (Å²) < 4.78 is 0. The highest BCUT2D eigenvalue weighted by molar-refractivity contribution is 5.54. The van der Waals surface area contributed by atoms with E-state index in [9.17, 15) is 0 Å². The summed E-state index contributed by atoms with van der Waals surface area (Å²) in [5.74, 6) is 0. The molecule has 0 saturated carbocycles. The van der Waals surface area contributed by atoms with Crippen LogP contribution in [0.5, 0.6) is 0 Å². The second kappa shape index (κ2) is 2.85. The van der Waals surface area contributed by atoms with E-state index in [1.54, 1.807) is 0 Å². The molecule has 0 aromatic heterocycles. The molecule has 0 aliphatic rings. The van der Waals surface area contributed by atoms with Crippen molar-refractivity contribution in [1.29, 1.82) is 0 Å². The van der Waals surface area contributed by atoms with Gasteiger partial charge in [0.2, 0.25) is 0 Å². The molecule has 0 unspecified atom stereocenters. The van der Waals surface area contributed by atoms with Gasteiger partial charge in [0.25, 0.3) is 0 Å². The van der Waals surface area contributed by atoms with Crippen molar-refractivity contribution in [3.8, 4) is 0 Å². The second-order valence-corrected chi connectivity index (χ2v) is 3.38. The van der Waals surface area contributed by atoms with Gasteiger partial charge in [0, 0.05) is 14.1 Å². The molecule has 2 heteroatoms. The maximum Gasteiger partial charge on any atom is 0.0851 e. The molecule has 0 heterocycles. The first-order valence-corrected chi connectivity index (χ1v) is 3.13. The summed E-state index contributed by atoms with van der Waals surface area (Å²) in [7, 11) is 3.94. The first-order valence-electron chi connectivity index (χ1n) is 3.13. The predicted octanol–water partition coefficient (Wildman–Crippen LogP) is 1.37. The van der Waals surface area contributed by atoms with E-state index in [4.69, 9.17) is 0 Å². The van der Waals surface area contributed by atoms with E-state index < -0.39 is 0 Å². The van der Waals surface area contributed by atoms with E-state index in [1.807, 2.05) is 25.3 Å². The third-order valence-electron chi connectivity index (χ3n) is 0.676. The first-order chi connectivity index (χ1) is 3.92. The minimum Gasteiger partial charge on any atom is -0.369 e. The third-order valence-corrected chi connectivity index (χ3v) is 0.676. The molecule has 0 saturated heterocycles. The van der Waals surface area contributed by atoms with Gasteiger partial charge >= 0.3 is 0 Å². The molecule has 0 N–H and O–H groups in total. The highest BCUT2D eigenvalue weighted by Gasteiger charge is 2.03. The Hall–Kier alpha value is -0.530. The molecular formula is C7H16N2.